The second kappa shape index (κ2) is 13.1. The van der Waals surface area contributed by atoms with Crippen molar-refractivity contribution in [3.05, 3.63) is 53.4 Å². The molecule has 0 spiro atoms. The molecular formula is C23H34IN5O3. The minimum absolute atomic E-state index is 0. The zero-order valence-electron chi connectivity index (χ0n) is 18.7. The van der Waals surface area contributed by atoms with Crippen LogP contribution in [0, 0.1) is 0 Å². The van der Waals surface area contributed by atoms with Gasteiger partial charge in [0.05, 0.1) is 18.4 Å². The van der Waals surface area contributed by atoms with E-state index in [0.717, 1.165) is 77.0 Å². The van der Waals surface area contributed by atoms with Gasteiger partial charge in [-0.1, -0.05) is 29.4 Å². The van der Waals surface area contributed by atoms with Gasteiger partial charge in [0, 0.05) is 65.6 Å². The lowest BCUT2D eigenvalue weighted by Gasteiger charge is -2.36. The van der Waals surface area contributed by atoms with Gasteiger partial charge < -0.3 is 24.2 Å². The Balaban J connectivity index is 0.00000289. The molecule has 0 saturated carbocycles. The first-order valence-electron chi connectivity index (χ1n) is 11.1. The first kappa shape index (κ1) is 24.9. The molecule has 2 aromatic rings. The maximum absolute atomic E-state index is 6.07. The number of aromatic nitrogens is 1. The largest absolute Gasteiger partial charge is 0.381 e. The van der Waals surface area contributed by atoms with E-state index in [2.05, 4.69) is 49.5 Å². The van der Waals surface area contributed by atoms with Gasteiger partial charge in [0.2, 0.25) is 0 Å². The Morgan fingerprint density at radius 3 is 2.66 bits per heavy atom. The summed E-state index contributed by atoms with van der Waals surface area (Å²) in [5.74, 6) is 0.949. The molecule has 0 amide bonds. The second-order valence-electron chi connectivity index (χ2n) is 8.10. The average Bonchev–Trinajstić information content (AvgIpc) is 3.33. The molecule has 0 radical (unpaired) electrons. The van der Waals surface area contributed by atoms with Crippen molar-refractivity contribution >= 4 is 29.9 Å². The standard InChI is InChI=1S/C23H33N5O3.HI/c1-24-23(28-10-8-27(9-11-28)17-21-5-14-31-26-21)25-16-19-3-2-4-20(15-19)18-30-22-6-12-29-13-7-22;/h2-5,14-15,22H,6-13,16-18H2,1H3,(H,24,25);1H. The summed E-state index contributed by atoms with van der Waals surface area (Å²) in [7, 11) is 1.85. The lowest BCUT2D eigenvalue weighted by molar-refractivity contribution is -0.0390. The zero-order chi connectivity index (χ0) is 21.3. The van der Waals surface area contributed by atoms with Gasteiger partial charge in [0.25, 0.3) is 0 Å². The molecule has 2 aliphatic rings. The topological polar surface area (TPSA) is 75.4 Å². The van der Waals surface area contributed by atoms with E-state index in [9.17, 15) is 0 Å². The summed E-state index contributed by atoms with van der Waals surface area (Å²) < 4.78 is 16.4. The van der Waals surface area contributed by atoms with Crippen molar-refractivity contribution in [3.63, 3.8) is 0 Å². The molecule has 4 rings (SSSR count). The average molecular weight is 555 g/mol. The van der Waals surface area contributed by atoms with Crippen LogP contribution in [0.3, 0.4) is 0 Å². The molecule has 32 heavy (non-hydrogen) atoms. The lowest BCUT2D eigenvalue weighted by Crippen LogP contribution is -2.52. The first-order valence-corrected chi connectivity index (χ1v) is 11.1. The highest BCUT2D eigenvalue weighted by Crippen LogP contribution is 2.14. The van der Waals surface area contributed by atoms with E-state index in [1.165, 1.54) is 11.1 Å². The predicted molar refractivity (Wildman–Crippen MR) is 134 cm³/mol. The van der Waals surface area contributed by atoms with E-state index in [0.29, 0.717) is 12.7 Å². The van der Waals surface area contributed by atoms with Gasteiger partial charge in [0.1, 0.15) is 6.26 Å². The Morgan fingerprint density at radius 1 is 1.16 bits per heavy atom. The molecule has 2 aliphatic heterocycles. The highest BCUT2D eigenvalue weighted by molar-refractivity contribution is 14.0. The Bertz CT molecular complexity index is 819. The van der Waals surface area contributed by atoms with Crippen LogP contribution < -0.4 is 5.32 Å². The summed E-state index contributed by atoms with van der Waals surface area (Å²) in [6.07, 6.45) is 3.92. The number of halogens is 1. The molecule has 1 N–H and O–H groups in total. The number of hydrogen-bond donors (Lipinski definition) is 1. The summed E-state index contributed by atoms with van der Waals surface area (Å²) in [4.78, 5) is 9.21. The molecule has 2 saturated heterocycles. The minimum atomic E-state index is 0. The van der Waals surface area contributed by atoms with Crippen LogP contribution in [0.1, 0.15) is 29.7 Å². The summed E-state index contributed by atoms with van der Waals surface area (Å²) in [5.41, 5.74) is 3.43. The van der Waals surface area contributed by atoms with Gasteiger partial charge in [-0.15, -0.1) is 24.0 Å². The zero-order valence-corrected chi connectivity index (χ0v) is 21.1. The van der Waals surface area contributed by atoms with E-state index in [1.807, 2.05) is 13.1 Å². The number of benzene rings is 1. The molecule has 0 unspecified atom stereocenters. The van der Waals surface area contributed by atoms with Crippen molar-refractivity contribution in [2.75, 3.05) is 46.4 Å². The number of ether oxygens (including phenoxy) is 2. The Hall–Kier alpha value is -1.69. The normalized spacial score (nSPS) is 18.4. The molecule has 0 bridgehead atoms. The molecule has 1 aromatic carbocycles. The van der Waals surface area contributed by atoms with E-state index >= 15 is 0 Å². The van der Waals surface area contributed by atoms with Crippen molar-refractivity contribution in [2.24, 2.45) is 4.99 Å². The Morgan fingerprint density at radius 2 is 1.94 bits per heavy atom. The van der Waals surface area contributed by atoms with Gasteiger partial charge >= 0.3 is 0 Å². The Labute approximate surface area is 207 Å². The van der Waals surface area contributed by atoms with Gasteiger partial charge in [-0.05, 0) is 24.0 Å². The smallest absolute Gasteiger partial charge is 0.194 e. The van der Waals surface area contributed by atoms with Crippen LogP contribution in [0.25, 0.3) is 0 Å². The predicted octanol–water partition coefficient (Wildman–Crippen LogP) is 2.88. The fraction of sp³-hybridized carbons (Fsp3) is 0.565. The van der Waals surface area contributed by atoms with Gasteiger partial charge in [0.15, 0.2) is 5.96 Å². The van der Waals surface area contributed by atoms with Gasteiger partial charge in [-0.25, -0.2) is 0 Å². The van der Waals surface area contributed by atoms with Crippen molar-refractivity contribution < 1.29 is 14.0 Å². The molecule has 0 aliphatic carbocycles. The maximum atomic E-state index is 6.07. The molecule has 176 valence electrons. The highest BCUT2D eigenvalue weighted by Gasteiger charge is 2.20. The fourth-order valence-corrected chi connectivity index (χ4v) is 4.07. The summed E-state index contributed by atoms with van der Waals surface area (Å²) in [6, 6.07) is 10.5. The molecule has 1 aromatic heterocycles. The second-order valence-corrected chi connectivity index (χ2v) is 8.10. The molecule has 8 nitrogen and oxygen atoms in total. The number of nitrogens with zero attached hydrogens (tertiary/aromatic N) is 4. The third-order valence-electron chi connectivity index (χ3n) is 5.86. The number of guanidine groups is 1. The van der Waals surface area contributed by atoms with Crippen molar-refractivity contribution in [3.8, 4) is 0 Å². The fourth-order valence-electron chi connectivity index (χ4n) is 4.07. The monoisotopic (exact) mass is 555 g/mol. The molecule has 0 atom stereocenters. The summed E-state index contributed by atoms with van der Waals surface area (Å²) in [6.45, 7) is 7.69. The van der Waals surface area contributed by atoms with E-state index in [4.69, 9.17) is 14.0 Å². The van der Waals surface area contributed by atoms with Crippen LogP contribution in [0.5, 0.6) is 0 Å². The van der Waals surface area contributed by atoms with E-state index in [-0.39, 0.29) is 24.0 Å². The van der Waals surface area contributed by atoms with Crippen LogP contribution in [0.15, 0.2) is 46.1 Å². The molecule has 2 fully saturated rings. The van der Waals surface area contributed by atoms with E-state index in [1.54, 1.807) is 6.26 Å². The number of nitrogens with one attached hydrogen (secondary N) is 1. The quantitative estimate of drug-likeness (QED) is 0.320. The SMILES string of the molecule is CN=C(NCc1cccc(COC2CCOCC2)c1)N1CCN(Cc2ccon2)CC1.I. The Kier molecular flexibility index (Phi) is 10.2. The van der Waals surface area contributed by atoms with Crippen LogP contribution in [0.4, 0.5) is 0 Å². The lowest BCUT2D eigenvalue weighted by atomic mass is 10.1. The van der Waals surface area contributed by atoms with Crippen molar-refractivity contribution in [2.45, 2.75) is 38.6 Å². The third kappa shape index (κ3) is 7.43. The van der Waals surface area contributed by atoms with Gasteiger partial charge in [-0.3, -0.25) is 9.89 Å². The minimum Gasteiger partial charge on any atom is -0.381 e. The number of rotatable bonds is 7. The number of piperazine rings is 1. The van der Waals surface area contributed by atoms with E-state index < -0.39 is 0 Å². The number of hydrogen-bond acceptors (Lipinski definition) is 6. The van der Waals surface area contributed by atoms with Crippen molar-refractivity contribution in [1.29, 1.82) is 0 Å². The highest BCUT2D eigenvalue weighted by atomic mass is 127. The molecular weight excluding hydrogens is 521 g/mol. The summed E-state index contributed by atoms with van der Waals surface area (Å²) >= 11 is 0. The third-order valence-corrected chi connectivity index (χ3v) is 5.86. The van der Waals surface area contributed by atoms with Gasteiger partial charge in [-0.2, -0.15) is 0 Å². The van der Waals surface area contributed by atoms with Crippen molar-refractivity contribution in [1.82, 2.24) is 20.3 Å². The molecule has 3 heterocycles. The summed E-state index contributed by atoms with van der Waals surface area (Å²) in [5, 5.41) is 7.53. The molecule has 9 heteroatoms. The number of aliphatic imine (C=N–C) groups is 1. The maximum Gasteiger partial charge on any atom is 0.194 e. The van der Waals surface area contributed by atoms with Crippen LogP contribution in [-0.2, 0) is 29.2 Å². The van der Waals surface area contributed by atoms with Crippen LogP contribution in [0.2, 0.25) is 0 Å². The van der Waals surface area contributed by atoms with Crippen LogP contribution >= 0.6 is 24.0 Å². The first-order chi connectivity index (χ1) is 15.3. The van der Waals surface area contributed by atoms with Crippen LogP contribution in [-0.4, -0.2) is 73.5 Å².